The van der Waals surface area contributed by atoms with Crippen LogP contribution in [-0.4, -0.2) is 45.6 Å². The van der Waals surface area contributed by atoms with Crippen LogP contribution in [0.2, 0.25) is 0 Å². The van der Waals surface area contributed by atoms with Gasteiger partial charge in [0, 0.05) is 18.0 Å². The van der Waals surface area contributed by atoms with Gasteiger partial charge in [-0.15, -0.1) is 18.3 Å². The molecule has 8 nitrogen and oxygen atoms in total. The Balaban J connectivity index is 1.71. The summed E-state index contributed by atoms with van der Waals surface area (Å²) in [6.07, 6.45) is -6.89. The minimum atomic E-state index is -5.13. The monoisotopic (exact) mass is 625 g/mol. The zero-order chi connectivity index (χ0) is 31.3. The van der Waals surface area contributed by atoms with E-state index < -0.39 is 39.6 Å². The SMILES string of the molecule is Cc1nc(C(F)(F)F)cn1-c1ccc(-c2cccc(S(C)(=O)=O)c2)cc1-n1nncc1-c1ccc(OC(F)(F)F)c(F)c1. The molecule has 5 rings (SSSR count). The molecule has 0 spiro atoms. The van der Waals surface area contributed by atoms with Crippen molar-refractivity contribution in [1.82, 2.24) is 24.5 Å². The molecule has 0 saturated carbocycles. The summed E-state index contributed by atoms with van der Waals surface area (Å²) >= 11 is 0. The second kappa shape index (κ2) is 10.5. The summed E-state index contributed by atoms with van der Waals surface area (Å²) < 4.78 is 123. The van der Waals surface area contributed by atoms with Gasteiger partial charge < -0.3 is 9.30 Å². The maximum absolute atomic E-state index is 14.6. The summed E-state index contributed by atoms with van der Waals surface area (Å²) in [5, 5.41) is 7.85. The van der Waals surface area contributed by atoms with E-state index in [0.717, 1.165) is 39.9 Å². The standard InChI is InChI=1S/C27H18F7N5O3S/c1-15-36-25(26(29,30)31)14-38(15)21-8-6-17(16-4-3-5-19(10-16)43(2,40)41)12-22(21)39-23(13-35-37-39)18-7-9-24(20(28)11-18)42-27(32,33)34/h3-14H,1-2H3. The predicted octanol–water partition coefficient (Wildman–Crippen LogP) is 6.56. The van der Waals surface area contributed by atoms with Crippen LogP contribution in [-0.2, 0) is 16.0 Å². The number of hydrogen-bond acceptors (Lipinski definition) is 6. The molecule has 2 aromatic heterocycles. The van der Waals surface area contributed by atoms with E-state index in [9.17, 15) is 39.2 Å². The first kappa shape index (κ1) is 29.8. The van der Waals surface area contributed by atoms with Crippen LogP contribution in [0.25, 0.3) is 33.8 Å². The molecular formula is C27H18F7N5O3S. The highest BCUT2D eigenvalue weighted by Gasteiger charge is 2.35. The van der Waals surface area contributed by atoms with Gasteiger partial charge in [0.1, 0.15) is 5.82 Å². The van der Waals surface area contributed by atoms with Crippen LogP contribution in [0.1, 0.15) is 11.5 Å². The first-order chi connectivity index (χ1) is 20.0. The van der Waals surface area contributed by atoms with Crippen LogP contribution in [0.3, 0.4) is 0 Å². The quantitative estimate of drug-likeness (QED) is 0.199. The van der Waals surface area contributed by atoms with Crippen molar-refractivity contribution in [3.63, 3.8) is 0 Å². The summed E-state index contributed by atoms with van der Waals surface area (Å²) in [4.78, 5) is 3.62. The molecule has 0 aliphatic carbocycles. The molecule has 0 unspecified atom stereocenters. The first-order valence-electron chi connectivity index (χ1n) is 12.1. The van der Waals surface area contributed by atoms with Crippen molar-refractivity contribution >= 4 is 9.84 Å². The van der Waals surface area contributed by atoms with Crippen molar-refractivity contribution in [2.75, 3.05) is 6.26 Å². The molecule has 0 saturated heterocycles. The van der Waals surface area contributed by atoms with Gasteiger partial charge in [-0.05, 0) is 60.5 Å². The number of alkyl halides is 6. The van der Waals surface area contributed by atoms with Crippen LogP contribution in [0.15, 0.2) is 78.0 Å². The molecule has 0 aliphatic heterocycles. The number of aryl methyl sites for hydroxylation is 1. The van der Waals surface area contributed by atoms with Gasteiger partial charge in [-0.25, -0.2) is 22.5 Å². The first-order valence-corrected chi connectivity index (χ1v) is 14.0. The largest absolute Gasteiger partial charge is 0.573 e. The zero-order valence-corrected chi connectivity index (χ0v) is 22.8. The second-order valence-corrected chi connectivity index (χ2v) is 11.3. The molecule has 0 atom stereocenters. The van der Waals surface area contributed by atoms with E-state index in [0.29, 0.717) is 11.1 Å². The van der Waals surface area contributed by atoms with E-state index in [4.69, 9.17) is 0 Å². The number of imidazole rings is 1. The lowest BCUT2D eigenvalue weighted by Gasteiger charge is -2.16. The number of nitrogens with zero attached hydrogens (tertiary/aromatic N) is 5. The number of hydrogen-bond donors (Lipinski definition) is 0. The van der Waals surface area contributed by atoms with Crippen LogP contribution in [0.4, 0.5) is 30.7 Å². The highest BCUT2D eigenvalue weighted by molar-refractivity contribution is 7.90. The van der Waals surface area contributed by atoms with Gasteiger partial charge in [0.05, 0.1) is 28.2 Å². The Bertz CT molecular complexity index is 1950. The minimum absolute atomic E-state index is 0.0192. The Labute approximate surface area is 238 Å². The third-order valence-corrected chi connectivity index (χ3v) is 7.34. The van der Waals surface area contributed by atoms with Crippen LogP contribution >= 0.6 is 0 Å². The fourth-order valence-corrected chi connectivity index (χ4v) is 4.98. The highest BCUT2D eigenvalue weighted by atomic mass is 32.2. The van der Waals surface area contributed by atoms with Crippen LogP contribution < -0.4 is 4.74 Å². The molecular weight excluding hydrogens is 607 g/mol. The van der Waals surface area contributed by atoms with Gasteiger partial charge >= 0.3 is 12.5 Å². The van der Waals surface area contributed by atoms with Crippen LogP contribution in [0, 0.1) is 12.7 Å². The molecule has 0 bridgehead atoms. The fourth-order valence-electron chi connectivity index (χ4n) is 4.31. The topological polar surface area (TPSA) is 91.9 Å². The molecule has 2 heterocycles. The zero-order valence-electron chi connectivity index (χ0n) is 21.9. The van der Waals surface area contributed by atoms with Crippen LogP contribution in [0.5, 0.6) is 5.75 Å². The molecule has 3 aromatic carbocycles. The third kappa shape index (κ3) is 6.23. The highest BCUT2D eigenvalue weighted by Crippen LogP contribution is 2.35. The smallest absolute Gasteiger partial charge is 0.403 e. The fraction of sp³-hybridized carbons (Fsp3) is 0.148. The van der Waals surface area contributed by atoms with E-state index in [1.54, 1.807) is 12.1 Å². The number of benzene rings is 3. The van der Waals surface area contributed by atoms with Crippen molar-refractivity contribution in [2.24, 2.45) is 0 Å². The van der Waals surface area contributed by atoms with Gasteiger partial charge in [-0.1, -0.05) is 23.4 Å². The molecule has 43 heavy (non-hydrogen) atoms. The van der Waals surface area contributed by atoms with Gasteiger partial charge in [0.25, 0.3) is 0 Å². The van der Waals surface area contributed by atoms with E-state index in [1.165, 1.54) is 43.5 Å². The summed E-state index contributed by atoms with van der Waals surface area (Å²) in [7, 11) is -3.58. The second-order valence-electron chi connectivity index (χ2n) is 9.27. The van der Waals surface area contributed by atoms with Gasteiger partial charge in [-0.3, -0.25) is 0 Å². The molecule has 0 aliphatic rings. The van der Waals surface area contributed by atoms with Crippen molar-refractivity contribution in [3.05, 3.63) is 90.4 Å². The van der Waals surface area contributed by atoms with E-state index in [1.807, 2.05) is 0 Å². The summed E-state index contributed by atoms with van der Waals surface area (Å²) in [5.41, 5.74) is 0.0326. The van der Waals surface area contributed by atoms with Gasteiger partial charge in [0.2, 0.25) is 0 Å². The summed E-state index contributed by atoms with van der Waals surface area (Å²) in [6, 6.07) is 13.1. The average Bonchev–Trinajstić information content (AvgIpc) is 3.55. The summed E-state index contributed by atoms with van der Waals surface area (Å²) in [6.45, 7) is 1.35. The Hall–Kier alpha value is -4.73. The third-order valence-electron chi connectivity index (χ3n) is 6.23. The number of aromatic nitrogens is 5. The normalized spacial score (nSPS) is 12.5. The van der Waals surface area contributed by atoms with Crippen molar-refractivity contribution in [2.45, 2.75) is 24.4 Å². The van der Waals surface area contributed by atoms with E-state index in [-0.39, 0.29) is 33.4 Å². The van der Waals surface area contributed by atoms with Crippen molar-refractivity contribution in [3.8, 4) is 39.5 Å². The van der Waals surface area contributed by atoms with Crippen molar-refractivity contribution in [1.29, 1.82) is 0 Å². The van der Waals surface area contributed by atoms with E-state index in [2.05, 4.69) is 20.0 Å². The van der Waals surface area contributed by atoms with Crippen molar-refractivity contribution < 1.29 is 43.9 Å². The molecule has 0 fully saturated rings. The Morgan fingerprint density at radius 2 is 1.56 bits per heavy atom. The predicted molar refractivity (Wildman–Crippen MR) is 139 cm³/mol. The Kier molecular flexibility index (Phi) is 7.28. The summed E-state index contributed by atoms with van der Waals surface area (Å²) in [5.74, 6) is -2.45. The van der Waals surface area contributed by atoms with E-state index >= 15 is 0 Å². The Morgan fingerprint density at radius 1 is 0.860 bits per heavy atom. The number of sulfone groups is 1. The number of halogens is 7. The molecule has 0 radical (unpaired) electrons. The Morgan fingerprint density at radius 3 is 2.19 bits per heavy atom. The molecule has 5 aromatic rings. The molecule has 224 valence electrons. The molecule has 0 amide bonds. The lowest BCUT2D eigenvalue weighted by atomic mass is 10.0. The van der Waals surface area contributed by atoms with Gasteiger partial charge in [-0.2, -0.15) is 13.2 Å². The number of ether oxygens (including phenoxy) is 1. The lowest BCUT2D eigenvalue weighted by Crippen LogP contribution is -2.17. The molecule has 0 N–H and O–H groups in total. The minimum Gasteiger partial charge on any atom is -0.403 e. The molecule has 16 heteroatoms. The maximum atomic E-state index is 14.6. The maximum Gasteiger partial charge on any atom is 0.573 e. The van der Waals surface area contributed by atoms with Gasteiger partial charge in [0.15, 0.2) is 27.1 Å². The lowest BCUT2D eigenvalue weighted by molar-refractivity contribution is -0.275. The number of rotatable bonds is 6. The average molecular weight is 626 g/mol.